The Hall–Kier alpha value is -1.17. The quantitative estimate of drug-likeness (QED) is 0.697. The average molecular weight is 325 g/mol. The van der Waals surface area contributed by atoms with Gasteiger partial charge in [0.1, 0.15) is 11.6 Å². The van der Waals surface area contributed by atoms with Crippen molar-refractivity contribution in [3.63, 3.8) is 0 Å². The van der Waals surface area contributed by atoms with E-state index in [4.69, 9.17) is 0 Å². The fourth-order valence-electron chi connectivity index (χ4n) is 3.20. The predicted octanol–water partition coefficient (Wildman–Crippen LogP) is 1.83. The maximum Gasteiger partial charge on any atom is 0.242 e. The first-order valence-corrected chi connectivity index (χ1v) is 8.89. The Bertz CT molecular complexity index is 483. The largest absolute Gasteiger partial charge is 0.300 e. The monoisotopic (exact) mass is 325 g/mol. The third kappa shape index (κ3) is 4.18. The van der Waals surface area contributed by atoms with Crippen LogP contribution in [-0.2, 0) is 19.2 Å². The molecule has 6 heteroatoms. The second-order valence-electron chi connectivity index (χ2n) is 6.38. The molecule has 0 bridgehead atoms. The molecule has 122 valence electrons. The molecule has 1 heterocycles. The van der Waals surface area contributed by atoms with Crippen LogP contribution in [0.1, 0.15) is 46.0 Å². The number of rotatable bonds is 6. The normalized spacial score (nSPS) is 29.0. The molecule has 1 aliphatic carbocycles. The van der Waals surface area contributed by atoms with Crippen LogP contribution >= 0.6 is 11.8 Å². The first-order chi connectivity index (χ1) is 10.4. The first-order valence-electron chi connectivity index (χ1n) is 7.84. The fraction of sp³-hybridized carbons (Fsp3) is 0.750. The van der Waals surface area contributed by atoms with E-state index in [2.05, 4.69) is 0 Å². The highest BCUT2D eigenvalue weighted by molar-refractivity contribution is 8.01. The van der Waals surface area contributed by atoms with Gasteiger partial charge in [-0.1, -0.05) is 0 Å². The zero-order valence-corrected chi connectivity index (χ0v) is 14.0. The second kappa shape index (κ2) is 7.40. The molecule has 0 aromatic rings. The first kappa shape index (κ1) is 17.2. The lowest BCUT2D eigenvalue weighted by Gasteiger charge is -2.29. The average Bonchev–Trinajstić information content (AvgIpc) is 2.73. The molecule has 0 radical (unpaired) electrons. The molecule has 0 spiro atoms. The number of imide groups is 1. The van der Waals surface area contributed by atoms with Gasteiger partial charge in [-0.3, -0.25) is 24.1 Å². The molecule has 0 aromatic carbocycles. The molecule has 1 atom stereocenters. The number of hydrogen-bond acceptors (Lipinski definition) is 5. The molecule has 2 amide bonds. The summed E-state index contributed by atoms with van der Waals surface area (Å²) in [4.78, 5) is 48.1. The highest BCUT2D eigenvalue weighted by Gasteiger charge is 2.40. The van der Waals surface area contributed by atoms with Crippen LogP contribution in [0.5, 0.6) is 0 Å². The summed E-state index contributed by atoms with van der Waals surface area (Å²) in [5.74, 6) is 0.727. The maximum atomic E-state index is 12.3. The lowest BCUT2D eigenvalue weighted by Crippen LogP contribution is -2.37. The second-order valence-corrected chi connectivity index (χ2v) is 7.57. The molecule has 22 heavy (non-hydrogen) atoms. The van der Waals surface area contributed by atoms with Crippen molar-refractivity contribution < 1.29 is 19.2 Å². The van der Waals surface area contributed by atoms with Crippen molar-refractivity contribution in [2.75, 3.05) is 12.3 Å². The molecule has 1 saturated carbocycles. The molecule has 2 aliphatic rings. The number of likely N-dealkylation sites (tertiary alicyclic amines) is 1. The Morgan fingerprint density at radius 1 is 1.14 bits per heavy atom. The van der Waals surface area contributed by atoms with Gasteiger partial charge in [0.05, 0.1) is 11.0 Å². The summed E-state index contributed by atoms with van der Waals surface area (Å²) in [6.07, 6.45) is 3.72. The van der Waals surface area contributed by atoms with Crippen LogP contribution in [0.3, 0.4) is 0 Å². The van der Waals surface area contributed by atoms with Crippen molar-refractivity contribution in [2.24, 2.45) is 11.8 Å². The molecule has 1 saturated heterocycles. The Balaban J connectivity index is 1.85. The minimum absolute atomic E-state index is 0.0197. The summed E-state index contributed by atoms with van der Waals surface area (Å²) in [7, 11) is 0. The number of amides is 2. The van der Waals surface area contributed by atoms with Crippen LogP contribution in [-0.4, -0.2) is 45.8 Å². The van der Waals surface area contributed by atoms with Gasteiger partial charge in [-0.15, -0.1) is 11.8 Å². The van der Waals surface area contributed by atoms with Gasteiger partial charge in [-0.2, -0.15) is 0 Å². The molecule has 5 nitrogen and oxygen atoms in total. The molecule has 0 aromatic heterocycles. The summed E-state index contributed by atoms with van der Waals surface area (Å²) < 4.78 is 0. The minimum atomic E-state index is -0.398. The number of ketones is 2. The maximum absolute atomic E-state index is 12.3. The zero-order valence-electron chi connectivity index (χ0n) is 13.2. The third-order valence-electron chi connectivity index (χ3n) is 4.55. The van der Waals surface area contributed by atoms with E-state index in [1.54, 1.807) is 6.92 Å². The highest BCUT2D eigenvalue weighted by atomic mass is 32.2. The third-order valence-corrected chi connectivity index (χ3v) is 5.90. The van der Waals surface area contributed by atoms with Gasteiger partial charge >= 0.3 is 0 Å². The van der Waals surface area contributed by atoms with Gasteiger partial charge in [0.15, 0.2) is 0 Å². The Labute approximate surface area is 135 Å². The molecule has 1 unspecified atom stereocenters. The summed E-state index contributed by atoms with van der Waals surface area (Å²) >= 11 is 1.27. The molecular weight excluding hydrogens is 302 g/mol. The number of hydrogen-bond donors (Lipinski definition) is 0. The van der Waals surface area contributed by atoms with Crippen molar-refractivity contribution in [3.05, 3.63) is 0 Å². The van der Waals surface area contributed by atoms with Crippen molar-refractivity contribution in [1.29, 1.82) is 0 Å². The SMILES string of the molecule is CC(=O)CSC1CC(=O)N(CC2CCC(C(C)=O)CC2)C1=O. The van der Waals surface area contributed by atoms with E-state index in [0.717, 1.165) is 25.7 Å². The van der Waals surface area contributed by atoms with Gasteiger partial charge in [0.25, 0.3) is 0 Å². The van der Waals surface area contributed by atoms with Gasteiger partial charge in [-0.25, -0.2) is 0 Å². The summed E-state index contributed by atoms with van der Waals surface area (Å²) in [6, 6.07) is 0. The van der Waals surface area contributed by atoms with Crippen molar-refractivity contribution in [2.45, 2.75) is 51.2 Å². The van der Waals surface area contributed by atoms with Crippen molar-refractivity contribution in [1.82, 2.24) is 4.90 Å². The van der Waals surface area contributed by atoms with Gasteiger partial charge < -0.3 is 0 Å². The summed E-state index contributed by atoms with van der Waals surface area (Å²) in [5, 5.41) is -0.398. The fourth-order valence-corrected chi connectivity index (χ4v) is 4.17. The number of thioether (sulfide) groups is 1. The van der Waals surface area contributed by atoms with Crippen molar-refractivity contribution in [3.8, 4) is 0 Å². The van der Waals surface area contributed by atoms with Crippen LogP contribution in [0.4, 0.5) is 0 Å². The van der Waals surface area contributed by atoms with E-state index in [0.29, 0.717) is 12.5 Å². The highest BCUT2D eigenvalue weighted by Crippen LogP contribution is 2.32. The zero-order chi connectivity index (χ0) is 16.3. The van der Waals surface area contributed by atoms with Gasteiger partial charge in [0, 0.05) is 18.9 Å². The minimum Gasteiger partial charge on any atom is -0.300 e. The van der Waals surface area contributed by atoms with Crippen LogP contribution < -0.4 is 0 Å². The summed E-state index contributed by atoms with van der Waals surface area (Å²) in [5.41, 5.74) is 0. The van der Waals surface area contributed by atoms with Gasteiger partial charge in [-0.05, 0) is 45.4 Å². The molecule has 0 N–H and O–H groups in total. The van der Waals surface area contributed by atoms with Crippen molar-refractivity contribution >= 4 is 35.1 Å². The number of Topliss-reactive ketones (excluding diaryl/α,β-unsaturated/α-hetero) is 2. The van der Waals surface area contributed by atoms with Crippen LogP contribution in [0.2, 0.25) is 0 Å². The van der Waals surface area contributed by atoms with Crippen LogP contribution in [0, 0.1) is 11.8 Å². The summed E-state index contributed by atoms with van der Waals surface area (Å²) in [6.45, 7) is 3.59. The van der Waals surface area contributed by atoms with E-state index < -0.39 is 5.25 Å². The number of carbonyl (C=O) groups excluding carboxylic acids is 4. The molecular formula is C16H23NO4S. The number of nitrogens with zero attached hydrogens (tertiary/aromatic N) is 1. The molecule has 2 fully saturated rings. The Kier molecular flexibility index (Phi) is 5.78. The van der Waals surface area contributed by atoms with Crippen LogP contribution in [0.25, 0.3) is 0 Å². The molecule has 2 rings (SSSR count). The molecule has 1 aliphatic heterocycles. The van der Waals surface area contributed by atoms with E-state index in [1.165, 1.54) is 23.6 Å². The van der Waals surface area contributed by atoms with E-state index >= 15 is 0 Å². The standard InChI is InChI=1S/C16H23NO4S/c1-10(18)9-22-14-7-15(20)17(16(14)21)8-12-3-5-13(6-4-12)11(2)19/h12-14H,3-9H2,1-2H3. The number of carbonyl (C=O) groups is 4. The van der Waals surface area contributed by atoms with E-state index in [1.807, 2.05) is 0 Å². The smallest absolute Gasteiger partial charge is 0.242 e. The lowest BCUT2D eigenvalue weighted by molar-refractivity contribution is -0.139. The predicted molar refractivity (Wildman–Crippen MR) is 84.4 cm³/mol. The van der Waals surface area contributed by atoms with E-state index in [-0.39, 0.29) is 41.5 Å². The Morgan fingerprint density at radius 2 is 1.77 bits per heavy atom. The lowest BCUT2D eigenvalue weighted by atomic mass is 9.80. The van der Waals surface area contributed by atoms with E-state index in [9.17, 15) is 19.2 Å². The van der Waals surface area contributed by atoms with Gasteiger partial charge in [0.2, 0.25) is 11.8 Å². The topological polar surface area (TPSA) is 71.5 Å². The Morgan fingerprint density at radius 3 is 2.32 bits per heavy atom. The van der Waals surface area contributed by atoms with Crippen LogP contribution in [0.15, 0.2) is 0 Å².